The Morgan fingerprint density at radius 1 is 1.29 bits per heavy atom. The van der Waals surface area contributed by atoms with E-state index in [9.17, 15) is 0 Å². The van der Waals surface area contributed by atoms with Gasteiger partial charge in [-0.3, -0.25) is 9.36 Å². The Hall–Kier alpha value is -2.15. The molecule has 0 saturated heterocycles. The first-order valence-electron chi connectivity index (χ1n) is 6.51. The zero-order chi connectivity index (χ0) is 15.1. The van der Waals surface area contributed by atoms with Crippen molar-refractivity contribution in [3.8, 4) is 11.5 Å². The van der Waals surface area contributed by atoms with Gasteiger partial charge in [-0.05, 0) is 20.8 Å². The predicted molar refractivity (Wildman–Crippen MR) is 77.0 cm³/mol. The maximum atomic E-state index is 6.02. The average molecular weight is 307 g/mol. The van der Waals surface area contributed by atoms with Crippen molar-refractivity contribution in [3.63, 3.8) is 0 Å². The third-order valence-corrected chi connectivity index (χ3v) is 3.76. The Kier molecular flexibility index (Phi) is 3.29. The van der Waals surface area contributed by atoms with E-state index >= 15 is 0 Å². The fraction of sp³-hybridized carbons (Fsp3) is 0.385. The first-order chi connectivity index (χ1) is 9.97. The molecule has 8 heteroatoms. The minimum Gasteiger partial charge on any atom is -0.418 e. The summed E-state index contributed by atoms with van der Waals surface area (Å²) in [5, 5.41) is 17.3. The van der Waals surface area contributed by atoms with E-state index in [4.69, 9.17) is 16.0 Å². The molecule has 3 aromatic rings. The summed E-state index contributed by atoms with van der Waals surface area (Å²) < 4.78 is 9.24. The number of halogens is 1. The van der Waals surface area contributed by atoms with Gasteiger partial charge in [0.05, 0.1) is 28.2 Å². The van der Waals surface area contributed by atoms with Crippen LogP contribution in [0.1, 0.15) is 30.2 Å². The van der Waals surface area contributed by atoms with Crippen LogP contribution in [0, 0.1) is 13.8 Å². The molecule has 0 radical (unpaired) electrons. The van der Waals surface area contributed by atoms with Crippen molar-refractivity contribution in [1.82, 2.24) is 29.8 Å². The standard InChI is InChI=1S/C13H15ClN6O/c1-7-10(6-19(4)18-7)13-17-16-12(21-13)9(3)20-8(2)11(14)5-15-20/h5-6,9H,1-4H3. The number of nitrogens with zero attached hydrogens (tertiary/aromatic N) is 6. The highest BCUT2D eigenvalue weighted by Gasteiger charge is 2.21. The lowest BCUT2D eigenvalue weighted by Crippen LogP contribution is -2.10. The summed E-state index contributed by atoms with van der Waals surface area (Å²) >= 11 is 6.02. The van der Waals surface area contributed by atoms with Gasteiger partial charge in [-0.15, -0.1) is 10.2 Å². The molecule has 0 aliphatic heterocycles. The zero-order valence-electron chi connectivity index (χ0n) is 12.2. The van der Waals surface area contributed by atoms with Crippen molar-refractivity contribution in [2.75, 3.05) is 0 Å². The van der Waals surface area contributed by atoms with E-state index in [1.54, 1.807) is 15.6 Å². The van der Waals surface area contributed by atoms with Crippen LogP contribution >= 0.6 is 11.6 Å². The first kappa shape index (κ1) is 13.8. The molecule has 21 heavy (non-hydrogen) atoms. The minimum atomic E-state index is -0.185. The lowest BCUT2D eigenvalue weighted by atomic mass is 10.3. The Morgan fingerprint density at radius 3 is 2.62 bits per heavy atom. The number of hydrogen-bond acceptors (Lipinski definition) is 5. The third kappa shape index (κ3) is 2.33. The summed E-state index contributed by atoms with van der Waals surface area (Å²) in [6, 6.07) is -0.185. The van der Waals surface area contributed by atoms with Crippen molar-refractivity contribution in [1.29, 1.82) is 0 Å². The van der Waals surface area contributed by atoms with E-state index in [2.05, 4.69) is 20.4 Å². The normalized spacial score (nSPS) is 12.8. The quantitative estimate of drug-likeness (QED) is 0.743. The molecule has 3 heterocycles. The maximum absolute atomic E-state index is 6.02. The van der Waals surface area contributed by atoms with E-state index in [-0.39, 0.29) is 6.04 Å². The largest absolute Gasteiger partial charge is 0.418 e. The number of rotatable bonds is 3. The van der Waals surface area contributed by atoms with Crippen LogP contribution in [0.4, 0.5) is 0 Å². The smallest absolute Gasteiger partial charge is 0.251 e. The minimum absolute atomic E-state index is 0.185. The Bertz CT molecular complexity index is 787. The molecule has 0 aliphatic rings. The number of hydrogen-bond donors (Lipinski definition) is 0. The van der Waals surface area contributed by atoms with Crippen molar-refractivity contribution < 1.29 is 4.42 Å². The number of aromatic nitrogens is 6. The third-order valence-electron chi connectivity index (χ3n) is 3.39. The molecule has 0 saturated carbocycles. The molecule has 0 fully saturated rings. The first-order valence-corrected chi connectivity index (χ1v) is 6.88. The Balaban J connectivity index is 1.95. The molecule has 0 amide bonds. The van der Waals surface area contributed by atoms with E-state index in [1.165, 1.54) is 0 Å². The van der Waals surface area contributed by atoms with Gasteiger partial charge in [-0.1, -0.05) is 11.6 Å². The molecule has 0 aromatic carbocycles. The summed E-state index contributed by atoms with van der Waals surface area (Å²) in [4.78, 5) is 0. The molecular weight excluding hydrogens is 292 g/mol. The van der Waals surface area contributed by atoms with Crippen molar-refractivity contribution in [3.05, 3.63) is 34.7 Å². The van der Waals surface area contributed by atoms with Crippen LogP contribution in [-0.4, -0.2) is 29.8 Å². The van der Waals surface area contributed by atoms with Crippen molar-refractivity contribution >= 4 is 11.6 Å². The summed E-state index contributed by atoms with van der Waals surface area (Å²) in [5.74, 6) is 0.939. The molecule has 0 spiro atoms. The summed E-state index contributed by atoms with van der Waals surface area (Å²) in [7, 11) is 1.85. The van der Waals surface area contributed by atoms with Crippen LogP contribution < -0.4 is 0 Å². The molecule has 3 rings (SSSR count). The summed E-state index contributed by atoms with van der Waals surface area (Å²) in [5.41, 5.74) is 2.54. The predicted octanol–water partition coefficient (Wildman–Crippen LogP) is 2.55. The van der Waals surface area contributed by atoms with Gasteiger partial charge in [-0.2, -0.15) is 10.2 Å². The SMILES string of the molecule is Cc1nn(C)cc1-c1nnc(C(C)n2ncc(Cl)c2C)o1. The van der Waals surface area contributed by atoms with Gasteiger partial charge in [0.15, 0.2) is 0 Å². The molecule has 0 N–H and O–H groups in total. The van der Waals surface area contributed by atoms with Crippen LogP contribution in [0.15, 0.2) is 16.8 Å². The van der Waals surface area contributed by atoms with Gasteiger partial charge < -0.3 is 4.42 Å². The highest BCUT2D eigenvalue weighted by atomic mass is 35.5. The topological polar surface area (TPSA) is 74.6 Å². The van der Waals surface area contributed by atoms with E-state index in [0.29, 0.717) is 16.8 Å². The molecular formula is C13H15ClN6O. The van der Waals surface area contributed by atoms with Gasteiger partial charge in [0.2, 0.25) is 5.89 Å². The molecule has 110 valence electrons. The molecule has 3 aromatic heterocycles. The van der Waals surface area contributed by atoms with Gasteiger partial charge in [-0.25, -0.2) is 0 Å². The monoisotopic (exact) mass is 306 g/mol. The van der Waals surface area contributed by atoms with Gasteiger partial charge in [0.1, 0.15) is 6.04 Å². The van der Waals surface area contributed by atoms with Crippen LogP contribution in [0.5, 0.6) is 0 Å². The molecule has 0 bridgehead atoms. The van der Waals surface area contributed by atoms with E-state index in [1.807, 2.05) is 34.0 Å². The Morgan fingerprint density at radius 2 is 2.05 bits per heavy atom. The zero-order valence-corrected chi connectivity index (χ0v) is 13.0. The van der Waals surface area contributed by atoms with Gasteiger partial charge >= 0.3 is 0 Å². The maximum Gasteiger partial charge on any atom is 0.251 e. The molecule has 7 nitrogen and oxygen atoms in total. The highest BCUT2D eigenvalue weighted by Crippen LogP contribution is 2.26. The van der Waals surface area contributed by atoms with E-state index in [0.717, 1.165) is 17.0 Å². The Labute approximate surface area is 126 Å². The highest BCUT2D eigenvalue weighted by molar-refractivity contribution is 6.31. The van der Waals surface area contributed by atoms with Crippen molar-refractivity contribution in [2.45, 2.75) is 26.8 Å². The molecule has 0 aliphatic carbocycles. The average Bonchev–Trinajstić information content (AvgIpc) is 3.11. The second kappa shape index (κ2) is 5.00. The van der Waals surface area contributed by atoms with Crippen molar-refractivity contribution in [2.24, 2.45) is 7.05 Å². The summed E-state index contributed by atoms with van der Waals surface area (Å²) in [6.07, 6.45) is 3.46. The molecule has 1 atom stereocenters. The van der Waals surface area contributed by atoms with Crippen LogP contribution in [0.3, 0.4) is 0 Å². The lowest BCUT2D eigenvalue weighted by Gasteiger charge is -2.09. The number of aryl methyl sites for hydroxylation is 2. The van der Waals surface area contributed by atoms with Crippen LogP contribution in [-0.2, 0) is 7.05 Å². The second-order valence-electron chi connectivity index (χ2n) is 4.95. The van der Waals surface area contributed by atoms with E-state index < -0.39 is 0 Å². The fourth-order valence-corrected chi connectivity index (χ4v) is 2.35. The molecule has 1 unspecified atom stereocenters. The van der Waals surface area contributed by atoms with Gasteiger partial charge in [0, 0.05) is 13.2 Å². The fourth-order valence-electron chi connectivity index (χ4n) is 2.22. The summed E-state index contributed by atoms with van der Waals surface area (Å²) in [6.45, 7) is 5.73. The van der Waals surface area contributed by atoms with Gasteiger partial charge in [0.25, 0.3) is 5.89 Å². The van der Waals surface area contributed by atoms with Crippen LogP contribution in [0.25, 0.3) is 11.5 Å². The second-order valence-corrected chi connectivity index (χ2v) is 5.35. The lowest BCUT2D eigenvalue weighted by molar-refractivity contribution is 0.411. The van der Waals surface area contributed by atoms with Crippen LogP contribution in [0.2, 0.25) is 5.02 Å².